The van der Waals surface area contributed by atoms with Gasteiger partial charge in [-0.05, 0) is 24.6 Å². The Bertz CT molecular complexity index is 1120. The number of benzene rings is 1. The fourth-order valence-corrected chi connectivity index (χ4v) is 3.76. The van der Waals surface area contributed by atoms with Crippen LogP contribution in [0.2, 0.25) is 0 Å². The average molecular weight is 414 g/mol. The predicted octanol–water partition coefficient (Wildman–Crippen LogP) is 1.83. The van der Waals surface area contributed by atoms with Crippen molar-refractivity contribution in [3.63, 3.8) is 0 Å². The van der Waals surface area contributed by atoms with Gasteiger partial charge in [-0.2, -0.15) is 0 Å². The van der Waals surface area contributed by atoms with Crippen LogP contribution in [0.15, 0.2) is 52.1 Å². The number of hydrogen-bond donors (Lipinski definition) is 2. The van der Waals surface area contributed by atoms with Crippen LogP contribution in [0.5, 0.6) is 0 Å². The van der Waals surface area contributed by atoms with Crippen molar-refractivity contribution in [3.05, 3.63) is 78.6 Å². The summed E-state index contributed by atoms with van der Waals surface area (Å²) in [5.41, 5.74) is 5.67. The maximum atomic E-state index is 13.1. The zero-order chi connectivity index (χ0) is 21.0. The summed E-state index contributed by atoms with van der Waals surface area (Å²) in [5.74, 6) is -0.442. The molecule has 0 saturated carbocycles. The Kier molecular flexibility index (Phi) is 6.30. The largest absolute Gasteiger partial charge is 0.383 e. The zero-order valence-corrected chi connectivity index (χ0v) is 17.0. The number of thiophene rings is 1. The van der Waals surface area contributed by atoms with Crippen LogP contribution in [0.4, 0.5) is 11.5 Å². The van der Waals surface area contributed by atoms with Gasteiger partial charge in [0.25, 0.3) is 11.5 Å². The van der Waals surface area contributed by atoms with Crippen molar-refractivity contribution in [2.75, 3.05) is 30.9 Å². The number of carbonyl (C=O) groups is 1. The molecular formula is C20H22N4O4S. The van der Waals surface area contributed by atoms with Gasteiger partial charge in [-0.25, -0.2) is 4.79 Å². The SMILES string of the molecule is COCCN(C(=O)c1ccc(C)s1)c1c(N)n(Cc2ccccc2)c(=O)[nH]c1=O. The lowest BCUT2D eigenvalue weighted by Crippen LogP contribution is -2.42. The van der Waals surface area contributed by atoms with Gasteiger partial charge < -0.3 is 10.5 Å². The van der Waals surface area contributed by atoms with Crippen molar-refractivity contribution in [2.24, 2.45) is 0 Å². The van der Waals surface area contributed by atoms with Gasteiger partial charge in [-0.1, -0.05) is 30.3 Å². The van der Waals surface area contributed by atoms with Crippen LogP contribution in [0.1, 0.15) is 20.1 Å². The van der Waals surface area contributed by atoms with Crippen molar-refractivity contribution in [1.29, 1.82) is 0 Å². The van der Waals surface area contributed by atoms with E-state index in [-0.39, 0.29) is 37.1 Å². The third-order valence-corrected chi connectivity index (χ3v) is 5.37. The van der Waals surface area contributed by atoms with Crippen molar-refractivity contribution in [3.8, 4) is 0 Å². The van der Waals surface area contributed by atoms with Crippen LogP contribution in [0.25, 0.3) is 0 Å². The molecule has 0 radical (unpaired) electrons. The minimum atomic E-state index is -0.713. The number of amides is 1. The number of rotatable bonds is 7. The van der Waals surface area contributed by atoms with E-state index in [9.17, 15) is 14.4 Å². The molecular weight excluding hydrogens is 392 g/mol. The number of nitrogen functional groups attached to an aromatic ring is 1. The molecule has 0 aliphatic heterocycles. The lowest BCUT2D eigenvalue weighted by molar-refractivity contribution is 0.0979. The number of aromatic amines is 1. The van der Waals surface area contributed by atoms with E-state index in [4.69, 9.17) is 10.5 Å². The fraction of sp³-hybridized carbons (Fsp3) is 0.250. The maximum absolute atomic E-state index is 13.1. The summed E-state index contributed by atoms with van der Waals surface area (Å²) in [5, 5.41) is 0. The van der Waals surface area contributed by atoms with E-state index >= 15 is 0 Å². The van der Waals surface area contributed by atoms with Crippen molar-refractivity contribution in [2.45, 2.75) is 13.5 Å². The van der Waals surface area contributed by atoms with Crippen molar-refractivity contribution >= 4 is 28.7 Å². The van der Waals surface area contributed by atoms with Crippen LogP contribution < -0.4 is 21.9 Å². The first-order chi connectivity index (χ1) is 13.9. The first kappa shape index (κ1) is 20.6. The quantitative estimate of drug-likeness (QED) is 0.613. The van der Waals surface area contributed by atoms with E-state index in [0.29, 0.717) is 4.88 Å². The van der Waals surface area contributed by atoms with E-state index in [1.54, 1.807) is 6.07 Å². The summed E-state index contributed by atoms with van der Waals surface area (Å²) in [6.07, 6.45) is 0. The monoisotopic (exact) mass is 414 g/mol. The van der Waals surface area contributed by atoms with Crippen LogP contribution in [-0.4, -0.2) is 35.7 Å². The van der Waals surface area contributed by atoms with Crippen molar-refractivity contribution < 1.29 is 9.53 Å². The highest BCUT2D eigenvalue weighted by molar-refractivity contribution is 7.14. The summed E-state index contributed by atoms with van der Waals surface area (Å²) in [6, 6.07) is 12.8. The highest BCUT2D eigenvalue weighted by Crippen LogP contribution is 2.23. The predicted molar refractivity (Wildman–Crippen MR) is 114 cm³/mol. The third kappa shape index (κ3) is 4.47. The molecule has 1 amide bonds. The molecule has 2 aromatic heterocycles. The van der Waals surface area contributed by atoms with Gasteiger partial charge in [0.1, 0.15) is 5.82 Å². The lowest BCUT2D eigenvalue weighted by atomic mass is 10.2. The smallest absolute Gasteiger partial charge is 0.330 e. The molecule has 152 valence electrons. The maximum Gasteiger partial charge on any atom is 0.330 e. The van der Waals surface area contributed by atoms with E-state index in [1.807, 2.05) is 43.3 Å². The number of aryl methyl sites for hydroxylation is 1. The second kappa shape index (κ2) is 8.89. The number of methoxy groups -OCH3 is 1. The Labute approximate surface area is 171 Å². The molecule has 0 aliphatic rings. The fourth-order valence-electron chi connectivity index (χ4n) is 2.94. The molecule has 0 atom stereocenters. The Hall–Kier alpha value is -3.17. The molecule has 0 bridgehead atoms. The summed E-state index contributed by atoms with van der Waals surface area (Å²) in [6.45, 7) is 2.37. The number of hydrogen-bond acceptors (Lipinski definition) is 6. The van der Waals surface area contributed by atoms with E-state index in [1.165, 1.54) is 27.9 Å². The highest BCUT2D eigenvalue weighted by atomic mass is 32.1. The number of aromatic nitrogens is 2. The Balaban J connectivity index is 2.09. The van der Waals surface area contributed by atoms with Crippen LogP contribution in [-0.2, 0) is 11.3 Å². The molecule has 3 N–H and O–H groups in total. The number of H-pyrrole nitrogens is 1. The molecule has 3 rings (SSSR count). The molecule has 0 unspecified atom stereocenters. The standard InChI is InChI=1S/C20H22N4O4S/c1-13-8-9-15(29-13)19(26)23(10-11-28-2)16-17(21)24(20(27)22-18(16)25)12-14-6-4-3-5-7-14/h3-9H,10-12,21H2,1-2H3,(H,22,25,27). The van der Waals surface area contributed by atoms with Crippen LogP contribution in [0, 0.1) is 6.92 Å². The molecule has 2 heterocycles. The molecule has 0 saturated heterocycles. The number of anilines is 2. The number of nitrogens with one attached hydrogen (secondary N) is 1. The molecule has 0 spiro atoms. The summed E-state index contributed by atoms with van der Waals surface area (Å²) < 4.78 is 6.35. The molecule has 0 fully saturated rings. The van der Waals surface area contributed by atoms with Gasteiger partial charge in [-0.15, -0.1) is 11.3 Å². The molecule has 8 nitrogen and oxygen atoms in total. The number of nitrogens with zero attached hydrogens (tertiary/aromatic N) is 2. The second-order valence-corrected chi connectivity index (χ2v) is 7.71. The second-order valence-electron chi connectivity index (χ2n) is 6.42. The Morgan fingerprint density at radius 2 is 1.93 bits per heavy atom. The number of ether oxygens (including phenoxy) is 1. The summed E-state index contributed by atoms with van der Waals surface area (Å²) in [4.78, 5) is 43.1. The lowest BCUT2D eigenvalue weighted by Gasteiger charge is -2.24. The molecule has 0 aliphatic carbocycles. The van der Waals surface area contributed by atoms with E-state index < -0.39 is 11.2 Å². The summed E-state index contributed by atoms with van der Waals surface area (Å²) >= 11 is 1.32. The van der Waals surface area contributed by atoms with Gasteiger partial charge in [0, 0.05) is 18.5 Å². The normalized spacial score (nSPS) is 10.8. The Morgan fingerprint density at radius 1 is 1.21 bits per heavy atom. The van der Waals surface area contributed by atoms with E-state index in [0.717, 1.165) is 10.4 Å². The van der Waals surface area contributed by atoms with Gasteiger partial charge in [-0.3, -0.25) is 24.0 Å². The highest BCUT2D eigenvalue weighted by Gasteiger charge is 2.26. The first-order valence-electron chi connectivity index (χ1n) is 8.96. The minimum absolute atomic E-state index is 0.0614. The molecule has 29 heavy (non-hydrogen) atoms. The number of carbonyl (C=O) groups excluding carboxylic acids is 1. The van der Waals surface area contributed by atoms with Gasteiger partial charge in [0.15, 0.2) is 5.69 Å². The molecule has 9 heteroatoms. The first-order valence-corrected chi connectivity index (χ1v) is 9.77. The topological polar surface area (TPSA) is 110 Å². The summed E-state index contributed by atoms with van der Waals surface area (Å²) in [7, 11) is 1.50. The molecule has 1 aromatic carbocycles. The van der Waals surface area contributed by atoms with Gasteiger partial charge in [0.05, 0.1) is 18.0 Å². The van der Waals surface area contributed by atoms with Gasteiger partial charge >= 0.3 is 5.69 Å². The average Bonchev–Trinajstić information content (AvgIpc) is 3.14. The van der Waals surface area contributed by atoms with Gasteiger partial charge in [0.2, 0.25) is 0 Å². The van der Waals surface area contributed by atoms with Crippen LogP contribution in [0.3, 0.4) is 0 Å². The van der Waals surface area contributed by atoms with Crippen molar-refractivity contribution in [1.82, 2.24) is 9.55 Å². The molecule has 3 aromatic rings. The minimum Gasteiger partial charge on any atom is -0.383 e. The zero-order valence-electron chi connectivity index (χ0n) is 16.2. The Morgan fingerprint density at radius 3 is 2.55 bits per heavy atom. The third-order valence-electron chi connectivity index (χ3n) is 4.38. The van der Waals surface area contributed by atoms with E-state index in [2.05, 4.69) is 4.98 Å². The van der Waals surface area contributed by atoms with Crippen LogP contribution >= 0.6 is 11.3 Å². The number of nitrogens with two attached hydrogens (primary N) is 1.